The fraction of sp³-hybridized carbons (Fsp3) is 0.542. The predicted octanol–water partition coefficient (Wildman–Crippen LogP) is 6.26. The third kappa shape index (κ3) is 8.22. The first kappa shape index (κ1) is 26.4. The molecule has 0 saturated heterocycles. The number of nitrogens with zero attached hydrogens (tertiary/aromatic N) is 2. The highest BCUT2D eigenvalue weighted by Gasteiger charge is 2.31. The molecule has 0 bridgehead atoms. The van der Waals surface area contributed by atoms with Gasteiger partial charge in [0.15, 0.2) is 0 Å². The molecule has 2 aromatic rings. The van der Waals surface area contributed by atoms with Crippen LogP contribution < -0.4 is 10.1 Å². The van der Waals surface area contributed by atoms with Gasteiger partial charge in [0.1, 0.15) is 36.0 Å². The van der Waals surface area contributed by atoms with Crippen molar-refractivity contribution >= 4 is 6.09 Å². The number of ether oxygens (including phenoxy) is 2. The van der Waals surface area contributed by atoms with Gasteiger partial charge in [0, 0.05) is 11.8 Å². The number of halogens is 3. The molecule has 2 rings (SSSR count). The second kappa shape index (κ2) is 10.9. The Balaban J connectivity index is 2.22. The molecule has 0 aliphatic heterocycles. The summed E-state index contributed by atoms with van der Waals surface area (Å²) < 4.78 is 50.9. The minimum Gasteiger partial charge on any atom is -0.489 e. The summed E-state index contributed by atoms with van der Waals surface area (Å²) in [5, 5.41) is 2.86. The van der Waals surface area contributed by atoms with Crippen LogP contribution in [0, 0.1) is 5.92 Å². The van der Waals surface area contributed by atoms with Crippen LogP contribution in [0.25, 0.3) is 11.3 Å². The van der Waals surface area contributed by atoms with E-state index >= 15 is 0 Å². The average molecular weight is 468 g/mol. The first-order valence-corrected chi connectivity index (χ1v) is 10.8. The summed E-state index contributed by atoms with van der Waals surface area (Å²) in [5.41, 5.74) is -1.04. The minimum absolute atomic E-state index is 0.0343. The molecular weight excluding hydrogens is 435 g/mol. The highest BCUT2D eigenvalue weighted by Crippen LogP contribution is 2.28. The molecule has 0 unspecified atom stereocenters. The van der Waals surface area contributed by atoms with E-state index in [2.05, 4.69) is 15.3 Å². The monoisotopic (exact) mass is 467 g/mol. The Labute approximate surface area is 192 Å². The van der Waals surface area contributed by atoms with Gasteiger partial charge in [-0.2, -0.15) is 0 Å². The molecule has 2 heterocycles. The van der Waals surface area contributed by atoms with Gasteiger partial charge in [-0.3, -0.25) is 4.98 Å². The van der Waals surface area contributed by atoms with E-state index in [-0.39, 0.29) is 29.7 Å². The standard InChI is InChI=1S/C24H32F3N3O3/c1-15(2)12-24(6,30-22(31)33-23(3,4)5)14-32-20-8-7-17(29-19(20)13-25)16-9-10-28-18(11-16)21(26)27/h7-11,15,21H,12-14H2,1-6H3,(H,30,31)/t24-/m0/s1. The van der Waals surface area contributed by atoms with E-state index in [1.807, 2.05) is 20.8 Å². The second-order valence-corrected chi connectivity index (χ2v) is 9.62. The highest BCUT2D eigenvalue weighted by atomic mass is 19.3. The third-order valence-corrected chi connectivity index (χ3v) is 4.57. The molecule has 0 aliphatic rings. The number of alkyl carbamates (subject to hydrolysis) is 1. The number of rotatable bonds is 9. The van der Waals surface area contributed by atoms with Crippen molar-refractivity contribution in [3.8, 4) is 17.0 Å². The maximum atomic E-state index is 13.8. The summed E-state index contributed by atoms with van der Waals surface area (Å²) in [7, 11) is 0. The van der Waals surface area contributed by atoms with E-state index in [1.54, 1.807) is 32.9 Å². The van der Waals surface area contributed by atoms with Crippen molar-refractivity contribution in [2.75, 3.05) is 6.61 Å². The fourth-order valence-electron chi connectivity index (χ4n) is 3.44. The Morgan fingerprint density at radius 2 is 1.85 bits per heavy atom. The molecule has 0 radical (unpaired) electrons. The summed E-state index contributed by atoms with van der Waals surface area (Å²) >= 11 is 0. The normalized spacial score (nSPS) is 13.7. The van der Waals surface area contributed by atoms with Crippen LogP contribution in [0.4, 0.5) is 18.0 Å². The summed E-state index contributed by atoms with van der Waals surface area (Å²) in [6, 6.07) is 5.87. The Kier molecular flexibility index (Phi) is 8.69. The highest BCUT2D eigenvalue weighted by molar-refractivity contribution is 5.68. The zero-order valence-corrected chi connectivity index (χ0v) is 19.9. The number of amides is 1. The molecule has 9 heteroatoms. The molecule has 1 N–H and O–H groups in total. The topological polar surface area (TPSA) is 73.3 Å². The molecule has 0 aliphatic carbocycles. The SMILES string of the molecule is CC(C)C[C@@](C)(COc1ccc(-c2ccnc(C(F)F)c2)nc1CF)NC(=O)OC(C)(C)C. The smallest absolute Gasteiger partial charge is 0.408 e. The van der Waals surface area contributed by atoms with Crippen molar-refractivity contribution in [2.24, 2.45) is 5.92 Å². The first-order valence-electron chi connectivity index (χ1n) is 10.8. The van der Waals surface area contributed by atoms with Crippen molar-refractivity contribution in [2.45, 2.75) is 72.2 Å². The van der Waals surface area contributed by atoms with Gasteiger partial charge in [0.25, 0.3) is 6.43 Å². The first-order chi connectivity index (χ1) is 15.3. The van der Waals surface area contributed by atoms with Crippen LogP contribution in [0.5, 0.6) is 5.75 Å². The quantitative estimate of drug-likeness (QED) is 0.471. The van der Waals surface area contributed by atoms with Gasteiger partial charge < -0.3 is 14.8 Å². The Hall–Kier alpha value is -2.84. The van der Waals surface area contributed by atoms with E-state index < -0.39 is 30.3 Å². The number of aromatic nitrogens is 2. The van der Waals surface area contributed by atoms with Crippen molar-refractivity contribution in [3.05, 3.63) is 41.9 Å². The molecule has 33 heavy (non-hydrogen) atoms. The summed E-state index contributed by atoms with van der Waals surface area (Å²) in [5.74, 6) is 0.454. The molecule has 1 amide bonds. The van der Waals surface area contributed by atoms with Crippen molar-refractivity contribution in [3.63, 3.8) is 0 Å². The number of hydrogen-bond acceptors (Lipinski definition) is 5. The van der Waals surface area contributed by atoms with Crippen molar-refractivity contribution < 1.29 is 27.4 Å². The van der Waals surface area contributed by atoms with Gasteiger partial charge in [-0.1, -0.05) is 13.8 Å². The number of carbonyl (C=O) groups excluding carboxylic acids is 1. The number of alkyl halides is 3. The molecule has 0 spiro atoms. The zero-order valence-electron chi connectivity index (χ0n) is 19.9. The number of hydrogen-bond donors (Lipinski definition) is 1. The lowest BCUT2D eigenvalue weighted by Gasteiger charge is -2.33. The molecule has 182 valence electrons. The lowest BCUT2D eigenvalue weighted by Crippen LogP contribution is -2.52. The van der Waals surface area contributed by atoms with Crippen LogP contribution in [0.1, 0.15) is 65.8 Å². The van der Waals surface area contributed by atoms with E-state index in [9.17, 15) is 18.0 Å². The lowest BCUT2D eigenvalue weighted by molar-refractivity contribution is 0.0407. The number of carbonyl (C=O) groups is 1. The molecule has 0 fully saturated rings. The molecule has 2 aromatic heterocycles. The van der Waals surface area contributed by atoms with Crippen LogP contribution in [0.15, 0.2) is 30.5 Å². The molecule has 1 atom stereocenters. The van der Waals surface area contributed by atoms with E-state index in [0.717, 1.165) is 0 Å². The van der Waals surface area contributed by atoms with Crippen LogP contribution >= 0.6 is 0 Å². The van der Waals surface area contributed by atoms with Crippen LogP contribution in [-0.2, 0) is 11.4 Å². The summed E-state index contributed by atoms with van der Waals surface area (Å²) in [6.07, 6.45) is -1.43. The van der Waals surface area contributed by atoms with Crippen LogP contribution in [0.2, 0.25) is 0 Å². The summed E-state index contributed by atoms with van der Waals surface area (Å²) in [4.78, 5) is 20.2. The van der Waals surface area contributed by atoms with Gasteiger partial charge in [-0.05, 0) is 64.3 Å². The maximum Gasteiger partial charge on any atom is 0.408 e. The van der Waals surface area contributed by atoms with Crippen molar-refractivity contribution in [1.82, 2.24) is 15.3 Å². The van der Waals surface area contributed by atoms with Crippen LogP contribution in [0.3, 0.4) is 0 Å². The van der Waals surface area contributed by atoms with Gasteiger partial charge in [0.05, 0.1) is 11.2 Å². The largest absolute Gasteiger partial charge is 0.489 e. The molecule has 0 aromatic carbocycles. The van der Waals surface area contributed by atoms with Crippen LogP contribution in [-0.4, -0.2) is 33.8 Å². The van der Waals surface area contributed by atoms with Crippen molar-refractivity contribution in [1.29, 1.82) is 0 Å². The minimum atomic E-state index is -2.72. The van der Waals surface area contributed by atoms with Gasteiger partial charge in [0.2, 0.25) is 0 Å². The average Bonchev–Trinajstić information content (AvgIpc) is 2.70. The molecule has 0 saturated carbocycles. The predicted molar refractivity (Wildman–Crippen MR) is 120 cm³/mol. The summed E-state index contributed by atoms with van der Waals surface area (Å²) in [6.45, 7) is 10.3. The lowest BCUT2D eigenvalue weighted by atomic mass is 9.91. The second-order valence-electron chi connectivity index (χ2n) is 9.62. The maximum absolute atomic E-state index is 13.8. The number of nitrogens with one attached hydrogen (secondary N) is 1. The Morgan fingerprint density at radius 1 is 1.15 bits per heavy atom. The fourth-order valence-corrected chi connectivity index (χ4v) is 3.44. The molecule has 6 nitrogen and oxygen atoms in total. The van der Waals surface area contributed by atoms with Gasteiger partial charge >= 0.3 is 6.09 Å². The van der Waals surface area contributed by atoms with Gasteiger partial charge in [-0.15, -0.1) is 0 Å². The van der Waals surface area contributed by atoms with E-state index in [4.69, 9.17) is 9.47 Å². The van der Waals surface area contributed by atoms with E-state index in [0.29, 0.717) is 17.7 Å². The third-order valence-electron chi connectivity index (χ3n) is 4.57. The molecular formula is C24H32F3N3O3. The Morgan fingerprint density at radius 3 is 2.42 bits per heavy atom. The zero-order chi connectivity index (χ0) is 24.8. The van der Waals surface area contributed by atoms with E-state index in [1.165, 1.54) is 18.3 Å². The van der Waals surface area contributed by atoms with Gasteiger partial charge in [-0.25, -0.2) is 22.9 Å². The Bertz CT molecular complexity index is 948. The number of pyridine rings is 2.